The first-order valence-electron chi connectivity index (χ1n) is 11.4. The molecular formula is C23H48N2O2S. The molecule has 0 radical (unpaired) electrons. The number of carbonyl (C=O) groups is 1. The summed E-state index contributed by atoms with van der Waals surface area (Å²) >= 11 is 4.55. The van der Waals surface area contributed by atoms with Crippen molar-refractivity contribution in [2.75, 3.05) is 26.3 Å². The Morgan fingerprint density at radius 1 is 1.00 bits per heavy atom. The topological polar surface area (TPSA) is 50.4 Å². The Morgan fingerprint density at radius 2 is 1.54 bits per heavy atom. The summed E-state index contributed by atoms with van der Waals surface area (Å²) in [4.78, 5) is 10.7. The smallest absolute Gasteiger partial charge is 0.216 e. The van der Waals surface area contributed by atoms with E-state index < -0.39 is 0 Å². The van der Waals surface area contributed by atoms with E-state index in [0.29, 0.717) is 18.4 Å². The van der Waals surface area contributed by atoms with E-state index in [1.54, 1.807) is 6.08 Å². The molecule has 28 heavy (non-hydrogen) atoms. The number of amides is 1. The molecule has 0 aromatic heterocycles. The maximum atomic E-state index is 10.7. The van der Waals surface area contributed by atoms with Crippen LogP contribution in [-0.4, -0.2) is 43.5 Å². The molecule has 2 N–H and O–H groups in total. The standard InChI is InChI=1S/C18H36N2O2S.C3H6.C2H6/c1-16(21)19-13-15-22-14-7-5-3-2-4-6-12-20-17-8-10-18(23)11-9-17;1-3-2;1-2/h17-18,20,23H,2-15H2,1H3,(H,19,21);3H,1H2,2H3;1-2H3. The van der Waals surface area contributed by atoms with Crippen LogP contribution in [0.5, 0.6) is 0 Å². The summed E-state index contributed by atoms with van der Waals surface area (Å²) in [6.07, 6.45) is 14.5. The zero-order valence-electron chi connectivity index (χ0n) is 19.1. The lowest BCUT2D eigenvalue weighted by Crippen LogP contribution is -2.34. The highest BCUT2D eigenvalue weighted by atomic mass is 32.1. The predicted molar refractivity (Wildman–Crippen MR) is 127 cm³/mol. The zero-order valence-corrected chi connectivity index (χ0v) is 20.0. The Morgan fingerprint density at radius 3 is 2.11 bits per heavy atom. The minimum atomic E-state index is 0.0116. The Labute approximate surface area is 181 Å². The van der Waals surface area contributed by atoms with Crippen molar-refractivity contribution >= 4 is 18.5 Å². The Bertz CT molecular complexity index is 333. The third-order valence-electron chi connectivity index (χ3n) is 4.47. The van der Waals surface area contributed by atoms with Gasteiger partial charge in [-0.05, 0) is 52.0 Å². The second kappa shape index (κ2) is 24.5. The van der Waals surface area contributed by atoms with Crippen LogP contribution in [0.4, 0.5) is 0 Å². The van der Waals surface area contributed by atoms with Gasteiger partial charge >= 0.3 is 0 Å². The Balaban J connectivity index is 0. The van der Waals surface area contributed by atoms with Gasteiger partial charge in [0.25, 0.3) is 0 Å². The molecule has 0 aliphatic heterocycles. The van der Waals surface area contributed by atoms with E-state index in [2.05, 4.69) is 29.8 Å². The fourth-order valence-corrected chi connectivity index (χ4v) is 3.32. The highest BCUT2D eigenvalue weighted by Gasteiger charge is 2.17. The first-order valence-corrected chi connectivity index (χ1v) is 11.9. The predicted octanol–water partition coefficient (Wildman–Crippen LogP) is 5.53. The van der Waals surface area contributed by atoms with E-state index >= 15 is 0 Å². The van der Waals surface area contributed by atoms with E-state index in [9.17, 15) is 4.79 Å². The van der Waals surface area contributed by atoms with E-state index in [0.717, 1.165) is 19.1 Å². The summed E-state index contributed by atoms with van der Waals surface area (Å²) in [6, 6.07) is 0.744. The molecule has 0 aromatic rings. The number of unbranched alkanes of at least 4 members (excludes halogenated alkanes) is 5. The fraction of sp³-hybridized carbons (Fsp3) is 0.870. The molecule has 0 aromatic carbocycles. The van der Waals surface area contributed by atoms with Crippen LogP contribution in [0.15, 0.2) is 12.7 Å². The second-order valence-electron chi connectivity index (χ2n) is 7.08. The molecule has 1 saturated carbocycles. The van der Waals surface area contributed by atoms with Gasteiger partial charge in [-0.2, -0.15) is 12.6 Å². The number of hydrogen-bond donors (Lipinski definition) is 3. The number of ether oxygens (including phenoxy) is 1. The van der Waals surface area contributed by atoms with Crippen LogP contribution in [0, 0.1) is 0 Å². The third kappa shape index (κ3) is 23.5. The summed E-state index contributed by atoms with van der Waals surface area (Å²) in [5.74, 6) is 0.0116. The highest BCUT2D eigenvalue weighted by molar-refractivity contribution is 7.80. The minimum Gasteiger partial charge on any atom is -0.380 e. The van der Waals surface area contributed by atoms with Gasteiger partial charge in [-0.3, -0.25) is 4.79 Å². The molecule has 0 atom stereocenters. The summed E-state index contributed by atoms with van der Waals surface area (Å²) in [5.41, 5.74) is 0. The zero-order chi connectivity index (χ0) is 21.5. The first-order chi connectivity index (χ1) is 13.6. The van der Waals surface area contributed by atoms with Crippen molar-refractivity contribution in [2.24, 2.45) is 0 Å². The molecule has 1 amide bonds. The van der Waals surface area contributed by atoms with Crippen LogP contribution in [-0.2, 0) is 9.53 Å². The van der Waals surface area contributed by atoms with Crippen LogP contribution in [0.3, 0.4) is 0 Å². The number of hydrogen-bond acceptors (Lipinski definition) is 4. The molecule has 168 valence electrons. The SMILES string of the molecule is C=CC.CC.CC(=O)NCCOCCCCCCCCNC1CCC(S)CC1. The van der Waals surface area contributed by atoms with Crippen LogP contribution in [0.25, 0.3) is 0 Å². The van der Waals surface area contributed by atoms with E-state index in [1.807, 2.05) is 20.8 Å². The molecule has 0 spiro atoms. The first kappa shape index (κ1) is 29.7. The van der Waals surface area contributed by atoms with Gasteiger partial charge in [0, 0.05) is 31.4 Å². The highest BCUT2D eigenvalue weighted by Crippen LogP contribution is 2.22. The van der Waals surface area contributed by atoms with Crippen molar-refractivity contribution in [3.63, 3.8) is 0 Å². The van der Waals surface area contributed by atoms with Gasteiger partial charge in [-0.15, -0.1) is 6.58 Å². The van der Waals surface area contributed by atoms with Crippen LogP contribution < -0.4 is 10.6 Å². The molecule has 0 bridgehead atoms. The van der Waals surface area contributed by atoms with Gasteiger partial charge in [-0.1, -0.05) is 45.6 Å². The maximum absolute atomic E-state index is 10.7. The molecule has 0 heterocycles. The quantitative estimate of drug-likeness (QED) is 0.210. The van der Waals surface area contributed by atoms with Gasteiger partial charge in [-0.25, -0.2) is 0 Å². The van der Waals surface area contributed by atoms with Crippen molar-refractivity contribution in [1.82, 2.24) is 10.6 Å². The van der Waals surface area contributed by atoms with Crippen molar-refractivity contribution in [3.05, 3.63) is 12.7 Å². The fourth-order valence-electron chi connectivity index (χ4n) is 3.02. The Hall–Kier alpha value is -0.520. The maximum Gasteiger partial charge on any atom is 0.216 e. The number of rotatable bonds is 13. The van der Waals surface area contributed by atoms with E-state index in [4.69, 9.17) is 4.74 Å². The molecular weight excluding hydrogens is 368 g/mol. The molecule has 5 heteroatoms. The molecule has 0 saturated heterocycles. The molecule has 1 aliphatic carbocycles. The lowest BCUT2D eigenvalue weighted by atomic mass is 9.95. The van der Waals surface area contributed by atoms with Crippen molar-refractivity contribution in [1.29, 1.82) is 0 Å². The van der Waals surface area contributed by atoms with Gasteiger partial charge in [0.2, 0.25) is 5.91 Å². The lowest BCUT2D eigenvalue weighted by Gasteiger charge is -2.26. The van der Waals surface area contributed by atoms with Crippen LogP contribution in [0.1, 0.15) is 91.9 Å². The van der Waals surface area contributed by atoms with Gasteiger partial charge < -0.3 is 15.4 Å². The monoisotopic (exact) mass is 416 g/mol. The molecule has 0 unspecified atom stereocenters. The lowest BCUT2D eigenvalue weighted by molar-refractivity contribution is -0.119. The van der Waals surface area contributed by atoms with Crippen LogP contribution >= 0.6 is 12.6 Å². The summed E-state index contributed by atoms with van der Waals surface area (Å²) in [5, 5.41) is 7.07. The molecule has 1 rings (SSSR count). The normalized spacial score (nSPS) is 18.2. The summed E-state index contributed by atoms with van der Waals surface area (Å²) < 4.78 is 5.47. The Kier molecular flexibility index (Phi) is 26.0. The molecule has 4 nitrogen and oxygen atoms in total. The largest absolute Gasteiger partial charge is 0.380 e. The number of allylic oxidation sites excluding steroid dienone is 1. The summed E-state index contributed by atoms with van der Waals surface area (Å²) in [6.45, 7) is 14.0. The van der Waals surface area contributed by atoms with E-state index in [1.165, 1.54) is 71.3 Å². The van der Waals surface area contributed by atoms with E-state index in [-0.39, 0.29) is 5.91 Å². The number of thiol groups is 1. The number of nitrogens with one attached hydrogen (secondary N) is 2. The van der Waals surface area contributed by atoms with Crippen molar-refractivity contribution in [3.8, 4) is 0 Å². The minimum absolute atomic E-state index is 0.0116. The summed E-state index contributed by atoms with van der Waals surface area (Å²) in [7, 11) is 0. The molecule has 1 aliphatic rings. The van der Waals surface area contributed by atoms with Crippen LogP contribution in [0.2, 0.25) is 0 Å². The van der Waals surface area contributed by atoms with Gasteiger partial charge in [0.1, 0.15) is 0 Å². The third-order valence-corrected chi connectivity index (χ3v) is 4.98. The van der Waals surface area contributed by atoms with Crippen molar-refractivity contribution in [2.45, 2.75) is 103 Å². The number of carbonyl (C=O) groups excluding carboxylic acids is 1. The van der Waals surface area contributed by atoms with Gasteiger partial charge in [0.05, 0.1) is 6.61 Å². The average molecular weight is 417 g/mol. The average Bonchev–Trinajstić information content (AvgIpc) is 2.69. The van der Waals surface area contributed by atoms with Crippen molar-refractivity contribution < 1.29 is 9.53 Å². The second-order valence-corrected chi connectivity index (χ2v) is 7.81. The van der Waals surface area contributed by atoms with Gasteiger partial charge in [0.15, 0.2) is 0 Å². The molecule has 1 fully saturated rings.